The van der Waals surface area contributed by atoms with Crippen molar-refractivity contribution < 1.29 is 38.4 Å². The summed E-state index contributed by atoms with van der Waals surface area (Å²) in [4.78, 5) is 23.6. The summed E-state index contributed by atoms with van der Waals surface area (Å²) in [5.41, 5.74) is 0.805. The second-order valence-electron chi connectivity index (χ2n) is 7.96. The highest BCUT2D eigenvalue weighted by Gasteiger charge is 2.52. The number of hydrogen-bond acceptors (Lipinski definition) is 7. The van der Waals surface area contributed by atoms with Crippen molar-refractivity contribution in [2.45, 2.75) is 56.9 Å². The first-order valence-corrected chi connectivity index (χ1v) is 10.8. The predicted molar refractivity (Wildman–Crippen MR) is 115 cm³/mol. The molecule has 2 aliphatic rings. The molecule has 0 radical (unpaired) electrons. The van der Waals surface area contributed by atoms with Crippen LogP contribution in [0.3, 0.4) is 0 Å². The van der Waals surface area contributed by atoms with Gasteiger partial charge in [-0.1, -0.05) is 48.5 Å². The zero-order chi connectivity index (χ0) is 23.4. The van der Waals surface area contributed by atoms with Crippen LogP contribution < -0.4 is 10.1 Å². The third-order valence-corrected chi connectivity index (χ3v) is 5.49. The number of rotatable bonds is 7. The molecule has 9 nitrogen and oxygen atoms in total. The second kappa shape index (κ2) is 10.3. The van der Waals surface area contributed by atoms with Crippen LogP contribution in [0, 0.1) is 0 Å². The molecule has 33 heavy (non-hydrogen) atoms. The van der Waals surface area contributed by atoms with E-state index in [4.69, 9.17) is 23.7 Å². The number of benzene rings is 2. The molecule has 9 heteroatoms. The summed E-state index contributed by atoms with van der Waals surface area (Å²) in [5, 5.41) is 12.3. The van der Waals surface area contributed by atoms with E-state index >= 15 is 0 Å². The zero-order valence-electron chi connectivity index (χ0n) is 18.3. The highest BCUT2D eigenvalue weighted by Crippen LogP contribution is 2.36. The van der Waals surface area contributed by atoms with Crippen LogP contribution in [-0.4, -0.2) is 60.3 Å². The van der Waals surface area contributed by atoms with Crippen molar-refractivity contribution in [3.8, 4) is 5.75 Å². The van der Waals surface area contributed by atoms with Crippen molar-refractivity contribution >= 4 is 11.9 Å². The lowest BCUT2D eigenvalue weighted by Gasteiger charge is -2.49. The molecule has 2 saturated heterocycles. The Hall–Kier alpha value is -2.98. The lowest BCUT2D eigenvalue weighted by atomic mass is 9.95. The predicted octanol–water partition coefficient (Wildman–Crippen LogP) is 2.27. The summed E-state index contributed by atoms with van der Waals surface area (Å²) in [6.07, 6.45) is -4.98. The highest BCUT2D eigenvalue weighted by molar-refractivity contribution is 5.73. The Morgan fingerprint density at radius 1 is 1.06 bits per heavy atom. The van der Waals surface area contributed by atoms with E-state index in [0.717, 1.165) is 5.56 Å². The molecule has 2 fully saturated rings. The number of ether oxygens (including phenoxy) is 5. The molecular weight excluding hydrogens is 430 g/mol. The van der Waals surface area contributed by atoms with Gasteiger partial charge in [0.1, 0.15) is 30.1 Å². The number of amides is 1. The fraction of sp³-hybridized carbons (Fsp3) is 0.417. The molecule has 2 aliphatic heterocycles. The number of nitrogens with one attached hydrogen (secondary N) is 1. The molecule has 7 atom stereocenters. The van der Waals surface area contributed by atoms with E-state index in [2.05, 4.69) is 5.32 Å². The lowest BCUT2D eigenvalue weighted by molar-refractivity contribution is -0.340. The second-order valence-corrected chi connectivity index (χ2v) is 7.96. The first kappa shape index (κ1) is 23.2. The van der Waals surface area contributed by atoms with Gasteiger partial charge in [0.25, 0.3) is 0 Å². The lowest BCUT2D eigenvalue weighted by Crippen LogP contribution is -2.68. The van der Waals surface area contributed by atoms with Gasteiger partial charge < -0.3 is 34.1 Å². The molecule has 0 aromatic heterocycles. The minimum atomic E-state index is -1.15. The van der Waals surface area contributed by atoms with Crippen LogP contribution in [-0.2, 0) is 28.5 Å². The summed E-state index contributed by atoms with van der Waals surface area (Å²) in [5.74, 6) is -0.945. The average molecular weight is 457 g/mol. The fourth-order valence-electron chi connectivity index (χ4n) is 3.93. The summed E-state index contributed by atoms with van der Waals surface area (Å²) >= 11 is 0. The van der Waals surface area contributed by atoms with Crippen LogP contribution in [0.1, 0.15) is 25.7 Å². The Morgan fingerprint density at radius 3 is 2.36 bits per heavy atom. The van der Waals surface area contributed by atoms with Gasteiger partial charge in [0.2, 0.25) is 12.2 Å². The smallest absolute Gasteiger partial charge is 0.332 e. The molecule has 0 aliphatic carbocycles. The van der Waals surface area contributed by atoms with Gasteiger partial charge in [0, 0.05) is 12.5 Å². The van der Waals surface area contributed by atoms with Gasteiger partial charge in [-0.3, -0.25) is 4.79 Å². The van der Waals surface area contributed by atoms with Gasteiger partial charge in [0.15, 0.2) is 12.4 Å². The molecule has 2 N–H and O–H groups in total. The third kappa shape index (κ3) is 5.51. The highest BCUT2D eigenvalue weighted by atomic mass is 16.8. The molecule has 2 heterocycles. The molecule has 2 aromatic rings. The van der Waals surface area contributed by atoms with Crippen molar-refractivity contribution in [1.29, 1.82) is 0 Å². The summed E-state index contributed by atoms with van der Waals surface area (Å²) in [7, 11) is 0. The quantitative estimate of drug-likeness (QED) is 0.651. The number of carboxylic acids is 1. The summed E-state index contributed by atoms with van der Waals surface area (Å²) < 4.78 is 30.2. The number of hydrogen-bond donors (Lipinski definition) is 2. The maximum absolute atomic E-state index is 12.1. The van der Waals surface area contributed by atoms with Gasteiger partial charge in [-0.2, -0.15) is 0 Å². The van der Waals surface area contributed by atoms with Crippen LogP contribution in [0.4, 0.5) is 0 Å². The number of carboxylic acid groups (broad SMARTS) is 1. The summed E-state index contributed by atoms with van der Waals surface area (Å²) in [6.45, 7) is 2.96. The Morgan fingerprint density at radius 2 is 1.73 bits per heavy atom. The molecule has 6 unspecified atom stereocenters. The number of fused-ring (bicyclic) bond motifs is 1. The molecule has 4 rings (SSSR count). The number of para-hydroxylation sites is 1. The van der Waals surface area contributed by atoms with Crippen LogP contribution in [0.5, 0.6) is 5.75 Å². The first-order valence-electron chi connectivity index (χ1n) is 10.8. The van der Waals surface area contributed by atoms with Crippen LogP contribution in [0.25, 0.3) is 0 Å². The standard InChI is InChI=1S/C24H27NO8/c1-14(22(27)28)30-21-19(25-15(2)26)24(31-17-11-7-4-8-12-17)32-18-13-29-23(33-20(18)21)16-9-5-3-6-10-16/h3-12,14,18-21,23-24H,13H2,1-2H3,(H,25,26)(H,27,28)/t14-,18?,19?,20?,21?,23?,24?/m1/s1. The molecule has 1 amide bonds. The van der Waals surface area contributed by atoms with Crippen molar-refractivity contribution in [1.82, 2.24) is 5.32 Å². The molecule has 0 spiro atoms. The van der Waals surface area contributed by atoms with Crippen molar-refractivity contribution in [3.63, 3.8) is 0 Å². The van der Waals surface area contributed by atoms with Gasteiger partial charge in [0.05, 0.1) is 6.61 Å². The Balaban J connectivity index is 1.64. The van der Waals surface area contributed by atoms with Crippen molar-refractivity contribution in [3.05, 3.63) is 66.2 Å². The minimum absolute atomic E-state index is 0.174. The minimum Gasteiger partial charge on any atom is -0.479 e. The Kier molecular flexibility index (Phi) is 7.24. The number of carbonyl (C=O) groups is 2. The zero-order valence-corrected chi connectivity index (χ0v) is 18.3. The fourth-order valence-corrected chi connectivity index (χ4v) is 3.93. The van der Waals surface area contributed by atoms with E-state index in [1.54, 1.807) is 12.1 Å². The maximum atomic E-state index is 12.1. The molecule has 176 valence electrons. The number of aliphatic carboxylic acids is 1. The Bertz CT molecular complexity index is 940. The van der Waals surface area contributed by atoms with E-state index in [9.17, 15) is 14.7 Å². The molecule has 2 aromatic carbocycles. The third-order valence-electron chi connectivity index (χ3n) is 5.49. The van der Waals surface area contributed by atoms with Crippen LogP contribution in [0.2, 0.25) is 0 Å². The van der Waals surface area contributed by atoms with Crippen LogP contribution >= 0.6 is 0 Å². The van der Waals surface area contributed by atoms with Crippen molar-refractivity contribution in [2.75, 3.05) is 6.61 Å². The number of carbonyl (C=O) groups excluding carboxylic acids is 1. The van der Waals surface area contributed by atoms with Gasteiger partial charge in [-0.25, -0.2) is 4.79 Å². The molecular formula is C24H27NO8. The van der Waals surface area contributed by atoms with E-state index in [1.165, 1.54) is 13.8 Å². The van der Waals surface area contributed by atoms with E-state index < -0.39 is 49.0 Å². The van der Waals surface area contributed by atoms with Crippen LogP contribution in [0.15, 0.2) is 60.7 Å². The summed E-state index contributed by atoms with van der Waals surface area (Å²) in [6, 6.07) is 17.5. The average Bonchev–Trinajstić information content (AvgIpc) is 2.81. The molecule has 0 bridgehead atoms. The first-order chi connectivity index (χ1) is 15.9. The monoisotopic (exact) mass is 457 g/mol. The maximum Gasteiger partial charge on any atom is 0.332 e. The Labute approximate surface area is 191 Å². The largest absolute Gasteiger partial charge is 0.479 e. The van der Waals surface area contributed by atoms with E-state index in [1.807, 2.05) is 48.5 Å². The van der Waals surface area contributed by atoms with E-state index in [0.29, 0.717) is 5.75 Å². The van der Waals surface area contributed by atoms with Crippen molar-refractivity contribution in [2.24, 2.45) is 0 Å². The topological polar surface area (TPSA) is 113 Å². The normalized spacial score (nSPS) is 30.0. The van der Waals surface area contributed by atoms with E-state index in [-0.39, 0.29) is 12.5 Å². The van der Waals surface area contributed by atoms with Gasteiger partial charge in [-0.05, 0) is 19.1 Å². The van der Waals surface area contributed by atoms with Gasteiger partial charge in [-0.15, -0.1) is 0 Å². The SMILES string of the molecule is CC(=O)NC1C(Oc2ccccc2)OC2COC(c3ccccc3)OC2C1O[C@H](C)C(=O)O. The molecule has 0 saturated carbocycles. The van der Waals surface area contributed by atoms with Gasteiger partial charge >= 0.3 is 5.97 Å².